The molecule has 1 saturated heterocycles. The van der Waals surface area contributed by atoms with Gasteiger partial charge in [-0.1, -0.05) is 0 Å². The molecular weight excluding hydrogens is 427 g/mol. The van der Waals surface area contributed by atoms with E-state index in [1.54, 1.807) is 20.4 Å². The number of rotatable bonds is 4. The van der Waals surface area contributed by atoms with Gasteiger partial charge in [-0.3, -0.25) is 10.1 Å². The van der Waals surface area contributed by atoms with Gasteiger partial charge in [0.05, 0.1) is 41.8 Å². The third kappa shape index (κ3) is 4.39. The van der Waals surface area contributed by atoms with Gasteiger partial charge in [-0.05, 0) is 25.0 Å². The van der Waals surface area contributed by atoms with Crippen molar-refractivity contribution in [2.24, 2.45) is 0 Å². The quantitative estimate of drug-likeness (QED) is 0.633. The first-order chi connectivity index (χ1) is 15.3. The number of H-pyrrole nitrogens is 1. The van der Waals surface area contributed by atoms with Crippen molar-refractivity contribution in [1.82, 2.24) is 25.1 Å². The number of aromatic amines is 1. The zero-order valence-corrected chi connectivity index (χ0v) is 17.5. The number of urea groups is 1. The molecule has 0 unspecified atom stereocenters. The van der Waals surface area contributed by atoms with E-state index >= 15 is 0 Å². The SMILES string of the molecule is COc1n[nH]c2ncc(N3CCC(N(C)C(=O)Nc4cncc(C(F)(F)F)c4)CC3)cc12. The lowest BCUT2D eigenvalue weighted by Crippen LogP contribution is -2.47. The van der Waals surface area contributed by atoms with E-state index in [1.807, 2.05) is 6.07 Å². The number of methoxy groups -OCH3 is 1. The Morgan fingerprint density at radius 3 is 2.69 bits per heavy atom. The van der Waals surface area contributed by atoms with E-state index in [-0.39, 0.29) is 11.7 Å². The predicted molar refractivity (Wildman–Crippen MR) is 112 cm³/mol. The first kappa shape index (κ1) is 21.7. The number of alkyl halides is 3. The van der Waals surface area contributed by atoms with Crippen molar-refractivity contribution in [2.75, 3.05) is 37.5 Å². The second-order valence-corrected chi connectivity index (χ2v) is 7.54. The van der Waals surface area contributed by atoms with Crippen LogP contribution in [0.15, 0.2) is 30.7 Å². The zero-order chi connectivity index (χ0) is 22.9. The molecule has 4 heterocycles. The molecule has 3 aromatic rings. The summed E-state index contributed by atoms with van der Waals surface area (Å²) in [5.41, 5.74) is 0.660. The van der Waals surface area contributed by atoms with Gasteiger partial charge in [-0.25, -0.2) is 9.78 Å². The maximum Gasteiger partial charge on any atom is 0.417 e. The average Bonchev–Trinajstić information content (AvgIpc) is 3.20. The lowest BCUT2D eigenvalue weighted by Gasteiger charge is -2.37. The number of ether oxygens (including phenoxy) is 1. The summed E-state index contributed by atoms with van der Waals surface area (Å²) in [6.07, 6.45) is 0.552. The molecule has 2 N–H and O–H groups in total. The summed E-state index contributed by atoms with van der Waals surface area (Å²) >= 11 is 0. The smallest absolute Gasteiger partial charge is 0.417 e. The third-order valence-corrected chi connectivity index (χ3v) is 5.57. The number of aromatic nitrogens is 4. The molecule has 0 radical (unpaired) electrons. The Kier molecular flexibility index (Phi) is 5.76. The van der Waals surface area contributed by atoms with Crippen LogP contribution >= 0.6 is 0 Å². The molecule has 0 aliphatic carbocycles. The van der Waals surface area contributed by atoms with Crippen LogP contribution in [0, 0.1) is 0 Å². The van der Waals surface area contributed by atoms with Crippen LogP contribution in [0.1, 0.15) is 18.4 Å². The van der Waals surface area contributed by atoms with Crippen molar-refractivity contribution in [3.8, 4) is 5.88 Å². The lowest BCUT2D eigenvalue weighted by molar-refractivity contribution is -0.137. The number of pyridine rings is 2. The van der Waals surface area contributed by atoms with Crippen LogP contribution in [-0.4, -0.2) is 64.4 Å². The number of halogens is 3. The number of piperidine rings is 1. The molecule has 0 aromatic carbocycles. The molecule has 12 heteroatoms. The van der Waals surface area contributed by atoms with Crippen molar-refractivity contribution in [3.05, 3.63) is 36.3 Å². The van der Waals surface area contributed by atoms with Crippen molar-refractivity contribution < 1.29 is 22.7 Å². The highest BCUT2D eigenvalue weighted by Crippen LogP contribution is 2.30. The Balaban J connectivity index is 1.37. The number of fused-ring (bicyclic) bond motifs is 1. The molecule has 4 rings (SSSR count). The number of carbonyl (C=O) groups excluding carboxylic acids is 1. The summed E-state index contributed by atoms with van der Waals surface area (Å²) in [5.74, 6) is 0.477. The molecule has 170 valence electrons. The first-order valence-corrected chi connectivity index (χ1v) is 9.95. The van der Waals surface area contributed by atoms with Crippen LogP contribution in [0.2, 0.25) is 0 Å². The lowest BCUT2D eigenvalue weighted by atomic mass is 10.0. The van der Waals surface area contributed by atoms with Crippen molar-refractivity contribution in [2.45, 2.75) is 25.1 Å². The van der Waals surface area contributed by atoms with Crippen LogP contribution < -0.4 is 15.0 Å². The topological polar surface area (TPSA) is 99.3 Å². The van der Waals surface area contributed by atoms with E-state index in [1.165, 1.54) is 11.1 Å². The Bertz CT molecular complexity index is 1110. The number of carbonyl (C=O) groups is 1. The maximum absolute atomic E-state index is 12.9. The van der Waals surface area contributed by atoms with E-state index in [4.69, 9.17) is 4.74 Å². The Labute approximate surface area is 181 Å². The zero-order valence-electron chi connectivity index (χ0n) is 17.5. The molecule has 2 amide bonds. The fraction of sp³-hybridized carbons (Fsp3) is 0.400. The van der Waals surface area contributed by atoms with Crippen LogP contribution in [0.3, 0.4) is 0 Å². The summed E-state index contributed by atoms with van der Waals surface area (Å²) in [4.78, 5) is 24.2. The Morgan fingerprint density at radius 2 is 2.00 bits per heavy atom. The second kappa shape index (κ2) is 8.52. The number of hydrogen-bond acceptors (Lipinski definition) is 6. The number of anilines is 2. The normalized spacial score (nSPS) is 15.1. The van der Waals surface area contributed by atoms with E-state index in [9.17, 15) is 18.0 Å². The molecule has 3 aromatic heterocycles. The number of amides is 2. The standard InChI is InChI=1S/C20H22F3N7O2/c1-29(19(31)26-13-7-12(9-24-10-13)20(21,22)23)14-3-5-30(6-4-14)15-8-16-17(25-11-15)27-28-18(16)32-2/h7-11,14H,3-6H2,1-2H3,(H,26,31)(H,25,27,28). The van der Waals surface area contributed by atoms with Crippen LogP contribution in [-0.2, 0) is 6.18 Å². The molecule has 0 spiro atoms. The fourth-order valence-electron chi connectivity index (χ4n) is 3.75. The highest BCUT2D eigenvalue weighted by Gasteiger charge is 2.31. The molecule has 0 saturated carbocycles. The van der Waals surface area contributed by atoms with E-state index in [2.05, 4.69) is 30.4 Å². The number of nitrogens with one attached hydrogen (secondary N) is 2. The Morgan fingerprint density at radius 1 is 1.25 bits per heavy atom. The van der Waals surface area contributed by atoms with Gasteiger partial charge in [0, 0.05) is 32.4 Å². The highest BCUT2D eigenvalue weighted by atomic mass is 19.4. The summed E-state index contributed by atoms with van der Waals surface area (Å²) in [7, 11) is 3.19. The van der Waals surface area contributed by atoms with Gasteiger partial charge in [0.15, 0.2) is 5.65 Å². The molecule has 1 aliphatic heterocycles. The van der Waals surface area contributed by atoms with Crippen molar-refractivity contribution >= 4 is 28.4 Å². The summed E-state index contributed by atoms with van der Waals surface area (Å²) in [6, 6.07) is 2.30. The van der Waals surface area contributed by atoms with Crippen molar-refractivity contribution in [3.63, 3.8) is 0 Å². The van der Waals surface area contributed by atoms with Gasteiger partial charge in [0.2, 0.25) is 5.88 Å². The fourth-order valence-corrected chi connectivity index (χ4v) is 3.75. The maximum atomic E-state index is 12.9. The van der Waals surface area contributed by atoms with Gasteiger partial charge >= 0.3 is 12.2 Å². The van der Waals surface area contributed by atoms with Gasteiger partial charge < -0.3 is 19.9 Å². The first-order valence-electron chi connectivity index (χ1n) is 9.95. The second-order valence-electron chi connectivity index (χ2n) is 7.54. The number of nitrogens with zero attached hydrogens (tertiary/aromatic N) is 5. The monoisotopic (exact) mass is 449 g/mol. The van der Waals surface area contributed by atoms with E-state index < -0.39 is 17.8 Å². The number of hydrogen-bond donors (Lipinski definition) is 2. The highest BCUT2D eigenvalue weighted by molar-refractivity contribution is 5.89. The summed E-state index contributed by atoms with van der Waals surface area (Å²) in [6.45, 7) is 1.39. The minimum Gasteiger partial charge on any atom is -0.479 e. The third-order valence-electron chi connectivity index (χ3n) is 5.57. The Hall–Kier alpha value is -3.57. The van der Waals surface area contributed by atoms with Crippen LogP contribution in [0.4, 0.5) is 29.3 Å². The molecule has 1 fully saturated rings. The van der Waals surface area contributed by atoms with Gasteiger partial charge in [0.25, 0.3) is 0 Å². The minimum atomic E-state index is -4.52. The summed E-state index contributed by atoms with van der Waals surface area (Å²) < 4.78 is 43.8. The van der Waals surface area contributed by atoms with Gasteiger partial charge in [-0.2, -0.15) is 13.2 Å². The van der Waals surface area contributed by atoms with E-state index in [0.717, 1.165) is 23.3 Å². The molecule has 0 bridgehead atoms. The summed E-state index contributed by atoms with van der Waals surface area (Å²) in [5, 5.41) is 10.2. The molecular formula is C20H22F3N7O2. The van der Waals surface area contributed by atoms with Crippen LogP contribution in [0.25, 0.3) is 11.0 Å². The molecule has 0 atom stereocenters. The molecule has 9 nitrogen and oxygen atoms in total. The van der Waals surface area contributed by atoms with Crippen molar-refractivity contribution in [1.29, 1.82) is 0 Å². The minimum absolute atomic E-state index is 0.00236. The predicted octanol–water partition coefficient (Wildman–Crippen LogP) is 3.51. The van der Waals surface area contributed by atoms with E-state index in [0.29, 0.717) is 37.5 Å². The largest absolute Gasteiger partial charge is 0.479 e. The van der Waals surface area contributed by atoms with Gasteiger partial charge in [-0.15, -0.1) is 5.10 Å². The molecule has 1 aliphatic rings. The molecule has 32 heavy (non-hydrogen) atoms. The average molecular weight is 449 g/mol. The van der Waals surface area contributed by atoms with Crippen LogP contribution in [0.5, 0.6) is 5.88 Å². The van der Waals surface area contributed by atoms with Gasteiger partial charge in [0.1, 0.15) is 0 Å².